The summed E-state index contributed by atoms with van der Waals surface area (Å²) in [5, 5.41) is 10.6. The number of unbranched alkanes of at least 4 members (excludes halogenated alkanes) is 2. The lowest BCUT2D eigenvalue weighted by Gasteiger charge is -2.30. The molecular weight excluding hydrogens is 335 g/mol. The van der Waals surface area contributed by atoms with Crippen molar-refractivity contribution in [2.45, 2.75) is 69.9 Å². The number of benzene rings is 1. The highest BCUT2D eigenvalue weighted by molar-refractivity contribution is 7.69. The summed E-state index contributed by atoms with van der Waals surface area (Å²) in [5.74, 6) is -1.86. The van der Waals surface area contributed by atoms with Crippen molar-refractivity contribution < 1.29 is 19.7 Å². The second kappa shape index (κ2) is 9.47. The fourth-order valence-corrected chi connectivity index (χ4v) is 6.25. The van der Waals surface area contributed by atoms with Gasteiger partial charge in [-0.1, -0.05) is 50.1 Å². The molecule has 0 saturated carbocycles. The Kier molecular flexibility index (Phi) is 7.61. The monoisotopic (exact) mass is 365 g/mol. The fourth-order valence-electron chi connectivity index (χ4n) is 3.68. The van der Waals surface area contributed by atoms with Crippen LogP contribution in [0.4, 0.5) is 0 Å². The van der Waals surface area contributed by atoms with E-state index in [4.69, 9.17) is 0 Å². The molecular formula is C20H30O4P+. The molecule has 5 heteroatoms. The molecule has 2 rings (SSSR count). The van der Waals surface area contributed by atoms with Gasteiger partial charge in [0, 0.05) is 6.42 Å². The average molecular weight is 365 g/mol. The van der Waals surface area contributed by atoms with Crippen LogP contribution in [0.15, 0.2) is 41.7 Å². The lowest BCUT2D eigenvalue weighted by molar-refractivity contribution is -0.139. The van der Waals surface area contributed by atoms with Crippen LogP contribution in [-0.2, 0) is 4.79 Å². The highest BCUT2D eigenvalue weighted by atomic mass is 31.2. The van der Waals surface area contributed by atoms with Crippen molar-refractivity contribution in [3.05, 3.63) is 47.3 Å². The van der Waals surface area contributed by atoms with Gasteiger partial charge in [-0.2, -0.15) is 0 Å². The molecule has 1 aliphatic rings. The van der Waals surface area contributed by atoms with E-state index in [0.29, 0.717) is 23.7 Å². The molecule has 0 bridgehead atoms. The minimum Gasteiger partial charge on any atom is -0.481 e. The first-order chi connectivity index (χ1) is 12.0. The first kappa shape index (κ1) is 20.1. The van der Waals surface area contributed by atoms with Crippen LogP contribution >= 0.6 is 7.72 Å². The summed E-state index contributed by atoms with van der Waals surface area (Å²) in [6, 6.07) is 9.02. The minimum atomic E-state index is -3.46. The van der Waals surface area contributed by atoms with E-state index in [1.165, 1.54) is 0 Å². The van der Waals surface area contributed by atoms with E-state index >= 15 is 0 Å². The zero-order valence-electron chi connectivity index (χ0n) is 15.0. The van der Waals surface area contributed by atoms with Crippen molar-refractivity contribution in [1.29, 1.82) is 0 Å². The molecule has 0 aromatic heterocycles. The summed E-state index contributed by atoms with van der Waals surface area (Å²) >= 11 is 0. The number of rotatable bonds is 9. The number of allylic oxidation sites excluding steroid dienone is 2. The molecule has 2 unspecified atom stereocenters. The summed E-state index contributed by atoms with van der Waals surface area (Å²) < 4.78 is 0. The van der Waals surface area contributed by atoms with Gasteiger partial charge < -0.3 is 5.11 Å². The van der Waals surface area contributed by atoms with Gasteiger partial charge in [0.2, 0.25) is 0 Å². The van der Waals surface area contributed by atoms with E-state index in [0.717, 1.165) is 38.5 Å². The van der Waals surface area contributed by atoms with Crippen molar-refractivity contribution in [2.24, 2.45) is 0 Å². The molecule has 138 valence electrons. The topological polar surface area (TPSA) is 77.8 Å². The fraction of sp³-hybridized carbons (Fsp3) is 0.550. The lowest BCUT2D eigenvalue weighted by atomic mass is 9.92. The van der Waals surface area contributed by atoms with Gasteiger partial charge in [0.05, 0.1) is 0 Å². The van der Waals surface area contributed by atoms with Gasteiger partial charge in [-0.05, 0) is 43.7 Å². The maximum Gasteiger partial charge on any atom is 0.315 e. The van der Waals surface area contributed by atoms with Crippen LogP contribution in [0.2, 0.25) is 0 Å². The number of carbonyl (C=O) groups is 1. The van der Waals surface area contributed by atoms with Crippen molar-refractivity contribution >= 4 is 13.7 Å². The molecule has 0 aliphatic heterocycles. The lowest BCUT2D eigenvalue weighted by Crippen LogP contribution is -2.29. The molecule has 2 atom stereocenters. The van der Waals surface area contributed by atoms with Gasteiger partial charge in [-0.25, -0.2) is 9.79 Å². The summed E-state index contributed by atoms with van der Waals surface area (Å²) in [5.41, 5.74) is 0.00341. The first-order valence-electron chi connectivity index (χ1n) is 9.30. The first-order valence-corrected chi connectivity index (χ1v) is 11.1. The Morgan fingerprint density at radius 3 is 2.44 bits per heavy atom. The van der Waals surface area contributed by atoms with Crippen molar-refractivity contribution in [1.82, 2.24) is 0 Å². The van der Waals surface area contributed by atoms with Gasteiger partial charge in [0.15, 0.2) is 0 Å². The van der Waals surface area contributed by atoms with Gasteiger partial charge in [0.1, 0.15) is 16.9 Å². The van der Waals surface area contributed by atoms with E-state index in [1.54, 1.807) is 12.1 Å². The van der Waals surface area contributed by atoms with Crippen LogP contribution < -0.4 is 0 Å². The van der Waals surface area contributed by atoms with Crippen LogP contribution in [-0.4, -0.2) is 26.5 Å². The SMILES string of the molecule is CCCCCC(C(C(=O)O)c1ccccc1)[P+](O)(O)C1=CCCCC1. The Morgan fingerprint density at radius 2 is 1.88 bits per heavy atom. The van der Waals surface area contributed by atoms with Crippen molar-refractivity contribution in [2.75, 3.05) is 0 Å². The Bertz CT molecular complexity index is 583. The highest BCUT2D eigenvalue weighted by Crippen LogP contribution is 2.68. The van der Waals surface area contributed by atoms with E-state index in [9.17, 15) is 19.7 Å². The zero-order valence-corrected chi connectivity index (χ0v) is 15.9. The van der Waals surface area contributed by atoms with Crippen LogP contribution in [0.3, 0.4) is 0 Å². The quantitative estimate of drug-likeness (QED) is 0.420. The second-order valence-corrected chi connectivity index (χ2v) is 9.42. The molecule has 0 radical (unpaired) electrons. The molecule has 3 N–H and O–H groups in total. The maximum atomic E-state index is 12.1. The number of carboxylic acid groups (broad SMARTS) is 1. The molecule has 1 aliphatic carbocycles. The Morgan fingerprint density at radius 1 is 1.16 bits per heavy atom. The highest BCUT2D eigenvalue weighted by Gasteiger charge is 2.54. The van der Waals surface area contributed by atoms with E-state index in [-0.39, 0.29) is 0 Å². The number of hydrogen-bond acceptors (Lipinski definition) is 3. The third-order valence-electron chi connectivity index (χ3n) is 5.07. The van der Waals surface area contributed by atoms with Gasteiger partial charge in [-0.15, -0.1) is 0 Å². The minimum absolute atomic E-state index is 0.526. The Labute approximate surface area is 151 Å². The molecule has 1 aromatic carbocycles. The Hall–Kier alpha value is -1.22. The van der Waals surface area contributed by atoms with Gasteiger partial charge >= 0.3 is 5.97 Å². The largest absolute Gasteiger partial charge is 0.481 e. The average Bonchev–Trinajstić information content (AvgIpc) is 2.62. The molecule has 25 heavy (non-hydrogen) atoms. The maximum absolute atomic E-state index is 12.1. The Balaban J connectivity index is 2.38. The molecule has 0 amide bonds. The second-order valence-electron chi connectivity index (χ2n) is 6.88. The van der Waals surface area contributed by atoms with E-state index < -0.39 is 25.3 Å². The summed E-state index contributed by atoms with van der Waals surface area (Å²) in [7, 11) is -3.46. The van der Waals surface area contributed by atoms with Crippen LogP contribution in [0.5, 0.6) is 0 Å². The zero-order chi connectivity index (χ0) is 18.3. The molecule has 0 spiro atoms. The predicted octanol–water partition coefficient (Wildman–Crippen LogP) is 5.09. The smallest absolute Gasteiger partial charge is 0.315 e. The number of hydrogen-bond donors (Lipinski definition) is 3. The van der Waals surface area contributed by atoms with Crippen LogP contribution in [0, 0.1) is 0 Å². The molecule has 0 fully saturated rings. The molecule has 1 aromatic rings. The standard InChI is InChI=1S/C20H29O4P/c1-2-3-6-15-18(25(23,24)17-13-9-5-10-14-17)19(20(21)22)16-11-7-4-8-12-16/h4,7-8,11-13,18-19,23-24H,2-3,5-6,9-10,14-15H2,1H3/p+1. The van der Waals surface area contributed by atoms with Crippen LogP contribution in [0.25, 0.3) is 0 Å². The molecule has 4 nitrogen and oxygen atoms in total. The molecule has 0 saturated heterocycles. The van der Waals surface area contributed by atoms with Crippen LogP contribution in [0.1, 0.15) is 69.8 Å². The van der Waals surface area contributed by atoms with Gasteiger partial charge in [-0.3, -0.25) is 4.79 Å². The summed E-state index contributed by atoms with van der Waals surface area (Å²) in [6.07, 6.45) is 8.79. The van der Waals surface area contributed by atoms with E-state index in [1.807, 2.05) is 24.3 Å². The third kappa shape index (κ3) is 5.13. The normalized spacial score (nSPS) is 17.6. The van der Waals surface area contributed by atoms with Crippen molar-refractivity contribution in [3.8, 4) is 0 Å². The van der Waals surface area contributed by atoms with Crippen molar-refractivity contribution in [3.63, 3.8) is 0 Å². The summed E-state index contributed by atoms with van der Waals surface area (Å²) in [6.45, 7) is 2.09. The predicted molar refractivity (Wildman–Crippen MR) is 103 cm³/mol. The van der Waals surface area contributed by atoms with Gasteiger partial charge in [0.25, 0.3) is 7.72 Å². The third-order valence-corrected chi connectivity index (χ3v) is 7.80. The number of aliphatic carboxylic acids is 1. The number of carboxylic acids is 1. The summed E-state index contributed by atoms with van der Waals surface area (Å²) in [4.78, 5) is 34.3. The molecule has 0 heterocycles. The van der Waals surface area contributed by atoms with E-state index in [2.05, 4.69) is 6.92 Å².